The average molecular weight is 650 g/mol. The van der Waals surface area contributed by atoms with Crippen molar-refractivity contribution in [1.29, 1.82) is 0 Å². The molecule has 0 aliphatic carbocycles. The van der Waals surface area contributed by atoms with Gasteiger partial charge < -0.3 is 15.1 Å². The van der Waals surface area contributed by atoms with Gasteiger partial charge in [0.1, 0.15) is 5.82 Å². The lowest BCUT2D eigenvalue weighted by molar-refractivity contribution is -0.387. The molecule has 0 atom stereocenters. The van der Waals surface area contributed by atoms with E-state index in [1.807, 2.05) is 42.5 Å². The maximum absolute atomic E-state index is 12.5. The first kappa shape index (κ1) is 33.6. The molecule has 238 valence electrons. The third-order valence-electron chi connectivity index (χ3n) is 7.61. The van der Waals surface area contributed by atoms with Gasteiger partial charge in [-0.3, -0.25) is 10.1 Å². The maximum Gasteiger partial charge on any atom is 0.289 e. The molecule has 2 aromatic heterocycles. The zero-order chi connectivity index (χ0) is 32.7. The van der Waals surface area contributed by atoms with Crippen LogP contribution in [-0.2, 0) is 21.1 Å². The summed E-state index contributed by atoms with van der Waals surface area (Å²) in [5.74, 6) is 1.07. The molecule has 45 heavy (non-hydrogen) atoms. The fourth-order valence-electron chi connectivity index (χ4n) is 4.00. The van der Waals surface area contributed by atoms with E-state index in [1.165, 1.54) is 18.2 Å². The maximum atomic E-state index is 12.5. The Labute approximate surface area is 265 Å². The van der Waals surface area contributed by atoms with Crippen molar-refractivity contribution < 1.29 is 17.8 Å². The number of nitrogens with one attached hydrogen (secondary N) is 3. The second-order valence-corrected chi connectivity index (χ2v) is 18.5. The van der Waals surface area contributed by atoms with Crippen molar-refractivity contribution in [3.05, 3.63) is 94.8 Å². The highest BCUT2D eigenvalue weighted by Gasteiger charge is 2.37. The Kier molecular flexibility index (Phi) is 10.6. The van der Waals surface area contributed by atoms with Gasteiger partial charge in [-0.1, -0.05) is 45.0 Å². The summed E-state index contributed by atoms with van der Waals surface area (Å²) >= 11 is 0. The van der Waals surface area contributed by atoms with Gasteiger partial charge in [0.15, 0.2) is 13.2 Å². The van der Waals surface area contributed by atoms with Gasteiger partial charge >= 0.3 is 0 Å². The van der Waals surface area contributed by atoms with Gasteiger partial charge in [-0.2, -0.15) is 0 Å². The second-order valence-electron chi connectivity index (χ2n) is 12.0. The van der Waals surface area contributed by atoms with Crippen LogP contribution in [0.4, 0.5) is 23.1 Å². The summed E-state index contributed by atoms with van der Waals surface area (Å²) < 4.78 is 33.8. The number of benzene rings is 2. The smallest absolute Gasteiger partial charge is 0.289 e. The van der Waals surface area contributed by atoms with E-state index in [-0.39, 0.29) is 16.5 Å². The fourth-order valence-corrected chi connectivity index (χ4v) is 6.21. The number of rotatable bonds is 14. The topological polar surface area (TPSA) is 161 Å². The molecule has 14 heteroatoms. The standard InChI is InChI=1S/C31H39N7O5SSi/c1-31(2,3)45(4,5)43-22-23-10-8-11-25(20-23)36-30-33-19-16-26(37-30)24-14-15-29(34-21-24)32-17-9-18-35-44(41,42)28-13-7-6-12-27(28)38(39)40/h6-8,10-16,19-21,35H,9,17-18,22H2,1-5H3,(H,32,34)(H,33,36,37). The molecule has 0 radical (unpaired) electrons. The highest BCUT2D eigenvalue weighted by atomic mass is 32.2. The summed E-state index contributed by atoms with van der Waals surface area (Å²) in [6.45, 7) is 12.2. The van der Waals surface area contributed by atoms with E-state index in [0.29, 0.717) is 37.0 Å². The van der Waals surface area contributed by atoms with Crippen molar-refractivity contribution in [2.75, 3.05) is 23.7 Å². The average Bonchev–Trinajstić information content (AvgIpc) is 3.00. The van der Waals surface area contributed by atoms with Gasteiger partial charge in [0.2, 0.25) is 16.0 Å². The van der Waals surface area contributed by atoms with E-state index in [0.717, 1.165) is 22.9 Å². The normalized spacial score (nSPS) is 12.1. The zero-order valence-corrected chi connectivity index (χ0v) is 27.9. The first-order valence-electron chi connectivity index (χ1n) is 14.5. The van der Waals surface area contributed by atoms with Crippen molar-refractivity contribution in [2.24, 2.45) is 0 Å². The third-order valence-corrected chi connectivity index (χ3v) is 13.6. The van der Waals surface area contributed by atoms with Crippen LogP contribution in [0.5, 0.6) is 0 Å². The molecular weight excluding hydrogens is 611 g/mol. The number of nitro benzene ring substituents is 1. The lowest BCUT2D eigenvalue weighted by atomic mass is 10.2. The van der Waals surface area contributed by atoms with Crippen LogP contribution in [0.2, 0.25) is 18.1 Å². The summed E-state index contributed by atoms with van der Waals surface area (Å²) in [7, 11) is -5.88. The largest absolute Gasteiger partial charge is 0.413 e. The first-order chi connectivity index (χ1) is 21.2. The summed E-state index contributed by atoms with van der Waals surface area (Å²) in [6.07, 6.45) is 3.82. The van der Waals surface area contributed by atoms with Gasteiger partial charge in [0.25, 0.3) is 5.69 Å². The Morgan fingerprint density at radius 3 is 2.47 bits per heavy atom. The van der Waals surface area contributed by atoms with E-state index in [4.69, 9.17) is 4.43 Å². The Bertz CT molecular complexity index is 1730. The van der Waals surface area contributed by atoms with Crippen LogP contribution >= 0.6 is 0 Å². The number of hydrogen-bond donors (Lipinski definition) is 3. The van der Waals surface area contributed by atoms with Crippen LogP contribution in [0.25, 0.3) is 11.3 Å². The lowest BCUT2D eigenvalue weighted by Crippen LogP contribution is -2.40. The molecule has 4 aromatic rings. The number of nitrogens with zero attached hydrogens (tertiary/aromatic N) is 4. The molecule has 0 bridgehead atoms. The SMILES string of the molecule is CC(C)(C)[Si](C)(C)OCc1cccc(Nc2nccc(-c3ccc(NCCCNS(=O)(=O)c4ccccc4[N+](=O)[O-])nc3)n2)c1. The van der Waals surface area contributed by atoms with Gasteiger partial charge in [-0.05, 0) is 66.5 Å². The minimum absolute atomic E-state index is 0.0999. The minimum atomic E-state index is -4.01. The predicted octanol–water partition coefficient (Wildman–Crippen LogP) is 6.49. The first-order valence-corrected chi connectivity index (χ1v) is 18.9. The van der Waals surface area contributed by atoms with Gasteiger partial charge in [-0.25, -0.2) is 28.1 Å². The van der Waals surface area contributed by atoms with Crippen molar-refractivity contribution in [1.82, 2.24) is 19.7 Å². The second kappa shape index (κ2) is 14.2. The fraction of sp³-hybridized carbons (Fsp3) is 0.323. The molecule has 0 fully saturated rings. The molecule has 0 aliphatic rings. The molecule has 2 aromatic carbocycles. The third kappa shape index (κ3) is 9.14. The zero-order valence-electron chi connectivity index (χ0n) is 26.1. The van der Waals surface area contributed by atoms with Crippen LogP contribution < -0.4 is 15.4 Å². The summed E-state index contributed by atoms with van der Waals surface area (Å²) in [5.41, 5.74) is 2.99. The van der Waals surface area contributed by atoms with Crippen LogP contribution in [0.1, 0.15) is 32.8 Å². The number of aromatic nitrogens is 3. The Morgan fingerprint density at radius 2 is 1.76 bits per heavy atom. The molecular formula is C31H39N7O5SSi. The monoisotopic (exact) mass is 649 g/mol. The molecule has 0 aliphatic heterocycles. The number of anilines is 3. The number of pyridine rings is 1. The minimum Gasteiger partial charge on any atom is -0.413 e. The van der Waals surface area contributed by atoms with Crippen LogP contribution in [0, 0.1) is 10.1 Å². The van der Waals surface area contributed by atoms with Gasteiger partial charge in [-0.15, -0.1) is 0 Å². The Balaban J connectivity index is 1.29. The number of nitro groups is 1. The number of sulfonamides is 1. The van der Waals surface area contributed by atoms with Crippen LogP contribution in [-0.4, -0.2) is 49.7 Å². The Hall–Kier alpha value is -4.24. The summed E-state index contributed by atoms with van der Waals surface area (Å²) in [4.78, 5) is 23.6. The van der Waals surface area contributed by atoms with Crippen LogP contribution in [0.15, 0.2) is 84.0 Å². The van der Waals surface area contributed by atoms with Gasteiger partial charge in [0.05, 0.1) is 17.2 Å². The number of hydrogen-bond acceptors (Lipinski definition) is 10. The van der Waals surface area contributed by atoms with E-state index >= 15 is 0 Å². The molecule has 0 amide bonds. The molecule has 3 N–H and O–H groups in total. The van der Waals surface area contributed by atoms with E-state index in [2.05, 4.69) is 64.2 Å². The van der Waals surface area contributed by atoms with Crippen molar-refractivity contribution in [3.8, 4) is 11.3 Å². The predicted molar refractivity (Wildman–Crippen MR) is 178 cm³/mol. The highest BCUT2D eigenvalue weighted by Crippen LogP contribution is 2.37. The van der Waals surface area contributed by atoms with Crippen molar-refractivity contribution >= 4 is 41.5 Å². The lowest BCUT2D eigenvalue weighted by Gasteiger charge is -2.36. The molecule has 0 spiro atoms. The molecule has 0 unspecified atom stereocenters. The van der Waals surface area contributed by atoms with E-state index in [1.54, 1.807) is 12.4 Å². The van der Waals surface area contributed by atoms with Crippen molar-refractivity contribution in [3.63, 3.8) is 0 Å². The molecule has 4 rings (SSSR count). The summed E-state index contributed by atoms with van der Waals surface area (Å²) in [6, 6.07) is 18.8. The van der Waals surface area contributed by atoms with Gasteiger partial charge in [0, 0.05) is 42.8 Å². The van der Waals surface area contributed by atoms with E-state index in [9.17, 15) is 18.5 Å². The molecule has 2 heterocycles. The number of para-hydroxylation sites is 1. The highest BCUT2D eigenvalue weighted by molar-refractivity contribution is 7.89. The van der Waals surface area contributed by atoms with E-state index < -0.39 is 29.0 Å². The summed E-state index contributed by atoms with van der Waals surface area (Å²) in [5, 5.41) is 17.7. The molecule has 0 saturated heterocycles. The quantitative estimate of drug-likeness (QED) is 0.0596. The molecule has 12 nitrogen and oxygen atoms in total. The van der Waals surface area contributed by atoms with Crippen LogP contribution in [0.3, 0.4) is 0 Å². The Morgan fingerprint density at radius 1 is 0.978 bits per heavy atom. The van der Waals surface area contributed by atoms with Crippen molar-refractivity contribution in [2.45, 2.75) is 56.8 Å². The molecule has 0 saturated carbocycles.